The predicted molar refractivity (Wildman–Crippen MR) is 106 cm³/mol. The van der Waals surface area contributed by atoms with Crippen molar-refractivity contribution in [1.82, 2.24) is 14.9 Å². The van der Waals surface area contributed by atoms with Gasteiger partial charge in [0, 0.05) is 18.7 Å². The number of phenolic OH excluding ortho intramolecular Hbond substituents is 1. The zero-order valence-electron chi connectivity index (χ0n) is 16.3. The smallest absolute Gasteiger partial charge is 0.326 e. The van der Waals surface area contributed by atoms with Crippen molar-refractivity contribution in [3.63, 3.8) is 0 Å². The van der Waals surface area contributed by atoms with Crippen LogP contribution >= 0.6 is 0 Å². The van der Waals surface area contributed by atoms with Gasteiger partial charge in [-0.2, -0.15) is 8.42 Å². The number of carbonyl (C=O) groups is 1. The highest BCUT2D eigenvalue weighted by Crippen LogP contribution is 2.39. The molecule has 2 fully saturated rings. The number of carbonyl (C=O) groups excluding carboxylic acids is 1. The van der Waals surface area contributed by atoms with E-state index in [9.17, 15) is 18.3 Å². The minimum absolute atomic E-state index is 0.371. The fraction of sp³-hybridized carbons (Fsp3) is 0.632. The minimum atomic E-state index is -4.19. The zero-order valence-corrected chi connectivity index (χ0v) is 17.1. The first-order valence-corrected chi connectivity index (χ1v) is 11.6. The van der Waals surface area contributed by atoms with Gasteiger partial charge in [-0.3, -0.25) is 9.69 Å². The lowest BCUT2D eigenvalue weighted by molar-refractivity contribution is -0.117. The molecule has 160 valence electrons. The number of rotatable bonds is 5. The number of nitrogens with zero attached hydrogens (tertiary/aromatic N) is 2. The van der Waals surface area contributed by atoms with E-state index in [1.54, 1.807) is 0 Å². The third kappa shape index (κ3) is 4.19. The summed E-state index contributed by atoms with van der Waals surface area (Å²) in [5.41, 5.74) is 0.647. The van der Waals surface area contributed by atoms with E-state index in [0.717, 1.165) is 44.9 Å². The van der Waals surface area contributed by atoms with Crippen LogP contribution in [0.25, 0.3) is 0 Å². The summed E-state index contributed by atoms with van der Waals surface area (Å²) in [7, 11) is -4.19. The number of amides is 1. The molecule has 29 heavy (non-hydrogen) atoms. The van der Waals surface area contributed by atoms with Crippen molar-refractivity contribution in [3.8, 4) is 5.75 Å². The number of fused-ring (bicyclic) bond motifs is 1. The second-order valence-electron chi connectivity index (χ2n) is 8.09. The first kappa shape index (κ1) is 20.4. The molecule has 10 heteroatoms. The van der Waals surface area contributed by atoms with Crippen molar-refractivity contribution >= 4 is 21.8 Å². The van der Waals surface area contributed by atoms with Gasteiger partial charge in [0.2, 0.25) is 0 Å². The highest BCUT2D eigenvalue weighted by atomic mass is 32.2. The Morgan fingerprint density at radius 3 is 2.69 bits per heavy atom. The molecule has 8 nitrogen and oxygen atoms in total. The van der Waals surface area contributed by atoms with Gasteiger partial charge >= 0.3 is 10.2 Å². The average Bonchev–Trinajstić information content (AvgIpc) is 2.95. The fourth-order valence-corrected chi connectivity index (χ4v) is 5.70. The van der Waals surface area contributed by atoms with Gasteiger partial charge in [0.05, 0.1) is 0 Å². The minimum Gasteiger partial charge on any atom is -0.506 e. The summed E-state index contributed by atoms with van der Waals surface area (Å²) in [6, 6.07) is 1.43. The molecule has 0 radical (unpaired) electrons. The second kappa shape index (κ2) is 8.08. The van der Waals surface area contributed by atoms with Gasteiger partial charge in [-0.15, -0.1) is 0 Å². The molecule has 0 aliphatic carbocycles. The summed E-state index contributed by atoms with van der Waals surface area (Å²) >= 11 is 0. The molecule has 2 saturated heterocycles. The van der Waals surface area contributed by atoms with Crippen molar-refractivity contribution in [2.24, 2.45) is 5.92 Å². The van der Waals surface area contributed by atoms with Crippen molar-refractivity contribution in [2.45, 2.75) is 38.6 Å². The van der Waals surface area contributed by atoms with Gasteiger partial charge in [0.25, 0.3) is 5.91 Å². The molecule has 3 aliphatic heterocycles. The standard InChI is InChI=1S/C19H27FN4O4S/c20-18-15-11-23(8-1-2-13-3-6-21-7-4-13)9-5-14(15)10-16(25)19(18)24-12-17(26)22-29(24,27)28/h10,13,21,25H,1-9,11-12H2,(H,22,26). The third-order valence-corrected chi connectivity index (χ3v) is 7.49. The van der Waals surface area contributed by atoms with Crippen LogP contribution in [0.1, 0.15) is 36.8 Å². The van der Waals surface area contributed by atoms with E-state index in [-0.39, 0.29) is 0 Å². The van der Waals surface area contributed by atoms with Gasteiger partial charge in [0.15, 0.2) is 5.82 Å². The molecule has 1 aromatic rings. The molecule has 3 heterocycles. The number of phenols is 1. The summed E-state index contributed by atoms with van der Waals surface area (Å²) < 4.78 is 41.9. The Morgan fingerprint density at radius 1 is 1.24 bits per heavy atom. The number of halogens is 1. The zero-order chi connectivity index (χ0) is 20.6. The largest absolute Gasteiger partial charge is 0.506 e. The quantitative estimate of drug-likeness (QED) is 0.645. The number of nitrogens with one attached hydrogen (secondary N) is 2. The molecule has 0 atom stereocenters. The van der Waals surface area contributed by atoms with Crippen LogP contribution in [0.4, 0.5) is 10.1 Å². The Labute approximate surface area is 170 Å². The normalized spacial score (nSPS) is 22.5. The molecule has 0 bridgehead atoms. The van der Waals surface area contributed by atoms with E-state index >= 15 is 4.39 Å². The molecule has 4 rings (SSSR count). The first-order chi connectivity index (χ1) is 13.8. The van der Waals surface area contributed by atoms with E-state index in [1.807, 2.05) is 4.72 Å². The molecule has 1 amide bonds. The number of benzene rings is 1. The Morgan fingerprint density at radius 2 is 2.00 bits per heavy atom. The second-order valence-corrected chi connectivity index (χ2v) is 9.69. The molecule has 1 aromatic carbocycles. The average molecular weight is 427 g/mol. The Hall–Kier alpha value is -1.91. The Kier molecular flexibility index (Phi) is 5.67. The summed E-state index contributed by atoms with van der Waals surface area (Å²) in [6.07, 6.45) is 5.21. The van der Waals surface area contributed by atoms with E-state index in [1.165, 1.54) is 18.9 Å². The molecule has 0 unspecified atom stereocenters. The van der Waals surface area contributed by atoms with Crippen LogP contribution in [0.15, 0.2) is 6.07 Å². The number of piperidine rings is 1. The van der Waals surface area contributed by atoms with Crippen LogP contribution in [-0.2, 0) is 28.0 Å². The van der Waals surface area contributed by atoms with Crippen LogP contribution < -0.4 is 14.3 Å². The maximum absolute atomic E-state index is 15.3. The molecule has 3 N–H and O–H groups in total. The van der Waals surface area contributed by atoms with Gasteiger partial charge in [-0.25, -0.2) is 13.4 Å². The number of hydrogen-bond acceptors (Lipinski definition) is 6. The van der Waals surface area contributed by atoms with Crippen molar-refractivity contribution in [2.75, 3.05) is 37.0 Å². The predicted octanol–water partition coefficient (Wildman–Crippen LogP) is 0.850. The first-order valence-electron chi connectivity index (χ1n) is 10.1. The highest BCUT2D eigenvalue weighted by molar-refractivity contribution is 7.92. The number of anilines is 1. The summed E-state index contributed by atoms with van der Waals surface area (Å²) in [6.45, 7) is 3.63. The Balaban J connectivity index is 1.48. The lowest BCUT2D eigenvalue weighted by Crippen LogP contribution is -2.34. The topological polar surface area (TPSA) is 102 Å². The molecular weight excluding hydrogens is 399 g/mol. The lowest BCUT2D eigenvalue weighted by Gasteiger charge is -2.31. The van der Waals surface area contributed by atoms with E-state index in [4.69, 9.17) is 0 Å². The van der Waals surface area contributed by atoms with Gasteiger partial charge in [-0.05, 0) is 69.3 Å². The van der Waals surface area contributed by atoms with Crippen molar-refractivity contribution in [1.29, 1.82) is 0 Å². The van der Waals surface area contributed by atoms with Crippen molar-refractivity contribution < 1.29 is 22.7 Å². The van der Waals surface area contributed by atoms with Gasteiger partial charge in [0.1, 0.15) is 18.0 Å². The Bertz CT molecular complexity index is 902. The van der Waals surface area contributed by atoms with Crippen LogP contribution in [0.5, 0.6) is 5.75 Å². The molecule has 3 aliphatic rings. The van der Waals surface area contributed by atoms with Crippen LogP contribution in [0.2, 0.25) is 0 Å². The number of aromatic hydroxyl groups is 1. The van der Waals surface area contributed by atoms with Crippen LogP contribution in [0, 0.1) is 11.7 Å². The molecular formula is C19H27FN4O4S. The third-order valence-electron chi connectivity index (χ3n) is 6.11. The highest BCUT2D eigenvalue weighted by Gasteiger charge is 2.39. The maximum Gasteiger partial charge on any atom is 0.326 e. The summed E-state index contributed by atoms with van der Waals surface area (Å²) in [4.78, 5) is 13.7. The fourth-order valence-electron chi connectivity index (χ4n) is 4.54. The SMILES string of the molecule is O=C1CN(c2c(O)cc3c(c2F)CN(CCCC2CCNCC2)CC3)S(=O)(=O)N1. The van der Waals surface area contributed by atoms with E-state index in [0.29, 0.717) is 28.4 Å². The van der Waals surface area contributed by atoms with E-state index < -0.39 is 39.9 Å². The van der Waals surface area contributed by atoms with Crippen molar-refractivity contribution in [3.05, 3.63) is 23.0 Å². The number of hydrogen-bond donors (Lipinski definition) is 3. The van der Waals surface area contributed by atoms with Gasteiger partial charge in [-0.1, -0.05) is 0 Å². The maximum atomic E-state index is 15.3. The molecule has 0 aromatic heterocycles. The van der Waals surface area contributed by atoms with Gasteiger partial charge < -0.3 is 10.4 Å². The molecule has 0 saturated carbocycles. The van der Waals surface area contributed by atoms with Crippen LogP contribution in [0.3, 0.4) is 0 Å². The summed E-state index contributed by atoms with van der Waals surface area (Å²) in [5, 5.41) is 13.6. The monoisotopic (exact) mass is 426 g/mol. The van der Waals surface area contributed by atoms with E-state index in [2.05, 4.69) is 10.2 Å². The molecule has 0 spiro atoms. The van der Waals surface area contributed by atoms with Crippen LogP contribution in [-0.4, -0.2) is 57.1 Å². The summed E-state index contributed by atoms with van der Waals surface area (Å²) in [5.74, 6) is -1.22. The lowest BCUT2D eigenvalue weighted by atomic mass is 9.92.